The first-order valence-corrected chi connectivity index (χ1v) is 5.96. The largest absolute Gasteiger partial charge is 0.491 e. The number of aromatic nitrogens is 2. The SMILES string of the molecule is CNc1cncc(-c2ccc(OC(C)C)cc2)n1. The second kappa shape index (κ2) is 5.49. The summed E-state index contributed by atoms with van der Waals surface area (Å²) in [4.78, 5) is 8.58. The quantitative estimate of drug-likeness (QED) is 0.896. The number of hydrogen-bond donors (Lipinski definition) is 1. The standard InChI is InChI=1S/C14H17N3O/c1-10(2)18-12-6-4-11(5-7-12)13-8-16-9-14(15-3)17-13/h4-10H,1-3H3,(H,15,17). The number of hydrogen-bond acceptors (Lipinski definition) is 4. The van der Waals surface area contributed by atoms with E-state index in [1.165, 1.54) is 0 Å². The zero-order valence-electron chi connectivity index (χ0n) is 10.8. The molecule has 1 heterocycles. The van der Waals surface area contributed by atoms with Crippen molar-refractivity contribution in [2.45, 2.75) is 20.0 Å². The second-order valence-electron chi connectivity index (χ2n) is 4.23. The van der Waals surface area contributed by atoms with E-state index in [1.54, 1.807) is 12.4 Å². The van der Waals surface area contributed by atoms with E-state index >= 15 is 0 Å². The summed E-state index contributed by atoms with van der Waals surface area (Å²) in [6.07, 6.45) is 3.63. The molecule has 0 atom stereocenters. The lowest BCUT2D eigenvalue weighted by molar-refractivity contribution is 0.242. The van der Waals surface area contributed by atoms with Gasteiger partial charge in [0.15, 0.2) is 0 Å². The first kappa shape index (κ1) is 12.4. The number of anilines is 1. The van der Waals surface area contributed by atoms with E-state index in [2.05, 4.69) is 15.3 Å². The first-order valence-electron chi connectivity index (χ1n) is 5.96. The van der Waals surface area contributed by atoms with Crippen LogP contribution in [0.3, 0.4) is 0 Å². The third kappa shape index (κ3) is 2.97. The van der Waals surface area contributed by atoms with Gasteiger partial charge in [0, 0.05) is 12.6 Å². The van der Waals surface area contributed by atoms with Crippen LogP contribution in [-0.4, -0.2) is 23.1 Å². The first-order chi connectivity index (χ1) is 8.69. The molecule has 0 aliphatic heterocycles. The molecule has 2 rings (SSSR count). The summed E-state index contributed by atoms with van der Waals surface area (Å²) in [6, 6.07) is 7.87. The average Bonchev–Trinajstić information content (AvgIpc) is 2.39. The molecule has 1 aromatic heterocycles. The smallest absolute Gasteiger partial charge is 0.144 e. The fourth-order valence-corrected chi connectivity index (χ4v) is 1.60. The molecule has 4 nitrogen and oxygen atoms in total. The highest BCUT2D eigenvalue weighted by Crippen LogP contribution is 2.21. The van der Waals surface area contributed by atoms with Crippen molar-refractivity contribution in [2.24, 2.45) is 0 Å². The summed E-state index contributed by atoms with van der Waals surface area (Å²) in [5.41, 5.74) is 1.87. The molecular weight excluding hydrogens is 226 g/mol. The predicted molar refractivity (Wildman–Crippen MR) is 72.8 cm³/mol. The van der Waals surface area contributed by atoms with Crippen LogP contribution in [0.2, 0.25) is 0 Å². The Morgan fingerprint density at radius 1 is 1.11 bits per heavy atom. The minimum atomic E-state index is 0.184. The van der Waals surface area contributed by atoms with E-state index in [0.717, 1.165) is 22.8 Å². The summed E-state index contributed by atoms with van der Waals surface area (Å²) in [5.74, 6) is 1.63. The molecule has 0 unspecified atom stereocenters. The molecule has 0 saturated heterocycles. The van der Waals surface area contributed by atoms with Crippen molar-refractivity contribution in [3.63, 3.8) is 0 Å². The van der Waals surface area contributed by atoms with Crippen LogP contribution < -0.4 is 10.1 Å². The van der Waals surface area contributed by atoms with Gasteiger partial charge in [-0.3, -0.25) is 4.98 Å². The number of nitrogens with one attached hydrogen (secondary N) is 1. The number of ether oxygens (including phenoxy) is 1. The van der Waals surface area contributed by atoms with Crippen molar-refractivity contribution in [3.8, 4) is 17.0 Å². The van der Waals surface area contributed by atoms with Gasteiger partial charge in [0.05, 0.1) is 24.2 Å². The zero-order chi connectivity index (χ0) is 13.0. The van der Waals surface area contributed by atoms with Crippen LogP contribution >= 0.6 is 0 Å². The monoisotopic (exact) mass is 243 g/mol. The molecule has 0 fully saturated rings. The van der Waals surface area contributed by atoms with Crippen molar-refractivity contribution in [1.29, 1.82) is 0 Å². The molecule has 0 saturated carbocycles. The summed E-state index contributed by atoms with van der Waals surface area (Å²) >= 11 is 0. The van der Waals surface area contributed by atoms with Crippen LogP contribution in [0.25, 0.3) is 11.3 Å². The van der Waals surface area contributed by atoms with E-state index in [4.69, 9.17) is 4.74 Å². The molecule has 1 N–H and O–H groups in total. The summed E-state index contributed by atoms with van der Waals surface area (Å²) in [6.45, 7) is 4.02. The Balaban J connectivity index is 2.22. The third-order valence-corrected chi connectivity index (χ3v) is 2.41. The Bertz CT molecular complexity index is 509. The molecule has 4 heteroatoms. The topological polar surface area (TPSA) is 47.0 Å². The van der Waals surface area contributed by atoms with Gasteiger partial charge in [-0.2, -0.15) is 0 Å². The van der Waals surface area contributed by atoms with E-state index < -0.39 is 0 Å². The van der Waals surface area contributed by atoms with Gasteiger partial charge in [-0.05, 0) is 38.1 Å². The normalized spacial score (nSPS) is 10.4. The minimum absolute atomic E-state index is 0.184. The third-order valence-electron chi connectivity index (χ3n) is 2.41. The maximum absolute atomic E-state index is 5.60. The van der Waals surface area contributed by atoms with Gasteiger partial charge in [-0.1, -0.05) is 0 Å². The van der Waals surface area contributed by atoms with Gasteiger partial charge in [0.2, 0.25) is 0 Å². The Morgan fingerprint density at radius 2 is 1.83 bits per heavy atom. The van der Waals surface area contributed by atoms with E-state index in [0.29, 0.717) is 0 Å². The van der Waals surface area contributed by atoms with Crippen LogP contribution in [0.5, 0.6) is 5.75 Å². The van der Waals surface area contributed by atoms with Gasteiger partial charge in [0.1, 0.15) is 11.6 Å². The molecule has 2 aromatic rings. The number of nitrogens with zero attached hydrogens (tertiary/aromatic N) is 2. The molecule has 0 spiro atoms. The van der Waals surface area contributed by atoms with Gasteiger partial charge < -0.3 is 10.1 Å². The van der Waals surface area contributed by atoms with Crippen LogP contribution in [0.4, 0.5) is 5.82 Å². The lowest BCUT2D eigenvalue weighted by Crippen LogP contribution is -2.05. The molecule has 0 radical (unpaired) electrons. The molecule has 0 aliphatic rings. The summed E-state index contributed by atoms with van der Waals surface area (Å²) < 4.78 is 5.60. The lowest BCUT2D eigenvalue weighted by Gasteiger charge is -2.10. The predicted octanol–water partition coefficient (Wildman–Crippen LogP) is 2.97. The fourth-order valence-electron chi connectivity index (χ4n) is 1.60. The highest BCUT2D eigenvalue weighted by atomic mass is 16.5. The Kier molecular flexibility index (Phi) is 3.77. The van der Waals surface area contributed by atoms with Gasteiger partial charge in [-0.25, -0.2) is 4.98 Å². The van der Waals surface area contributed by atoms with Crippen molar-refractivity contribution in [2.75, 3.05) is 12.4 Å². The van der Waals surface area contributed by atoms with Crippen molar-refractivity contribution in [1.82, 2.24) is 9.97 Å². The lowest BCUT2D eigenvalue weighted by atomic mass is 10.1. The molecule has 18 heavy (non-hydrogen) atoms. The molecule has 0 amide bonds. The Labute approximate surface area is 107 Å². The number of benzene rings is 1. The fraction of sp³-hybridized carbons (Fsp3) is 0.286. The summed E-state index contributed by atoms with van der Waals surface area (Å²) in [5, 5.41) is 2.98. The molecule has 94 valence electrons. The highest BCUT2D eigenvalue weighted by Gasteiger charge is 2.02. The molecule has 0 aliphatic carbocycles. The van der Waals surface area contributed by atoms with Crippen LogP contribution in [0, 0.1) is 0 Å². The molecule has 1 aromatic carbocycles. The van der Waals surface area contributed by atoms with Crippen LogP contribution in [0.1, 0.15) is 13.8 Å². The van der Waals surface area contributed by atoms with Crippen molar-refractivity contribution < 1.29 is 4.74 Å². The second-order valence-corrected chi connectivity index (χ2v) is 4.23. The van der Waals surface area contributed by atoms with Gasteiger partial charge in [-0.15, -0.1) is 0 Å². The van der Waals surface area contributed by atoms with E-state index in [-0.39, 0.29) is 6.10 Å². The Hall–Kier alpha value is -2.10. The number of rotatable bonds is 4. The Morgan fingerprint density at radius 3 is 2.44 bits per heavy atom. The summed E-state index contributed by atoms with van der Waals surface area (Å²) in [7, 11) is 1.83. The average molecular weight is 243 g/mol. The maximum Gasteiger partial charge on any atom is 0.144 e. The van der Waals surface area contributed by atoms with Crippen molar-refractivity contribution in [3.05, 3.63) is 36.7 Å². The van der Waals surface area contributed by atoms with Gasteiger partial charge in [0.25, 0.3) is 0 Å². The van der Waals surface area contributed by atoms with Crippen molar-refractivity contribution >= 4 is 5.82 Å². The highest BCUT2D eigenvalue weighted by molar-refractivity contribution is 5.60. The van der Waals surface area contributed by atoms with E-state index in [1.807, 2.05) is 45.2 Å². The zero-order valence-corrected chi connectivity index (χ0v) is 10.8. The van der Waals surface area contributed by atoms with Crippen LogP contribution in [0.15, 0.2) is 36.7 Å². The minimum Gasteiger partial charge on any atom is -0.491 e. The molecule has 0 bridgehead atoms. The van der Waals surface area contributed by atoms with E-state index in [9.17, 15) is 0 Å². The maximum atomic E-state index is 5.60. The van der Waals surface area contributed by atoms with Gasteiger partial charge >= 0.3 is 0 Å². The molecular formula is C14H17N3O. The van der Waals surface area contributed by atoms with Crippen LogP contribution in [-0.2, 0) is 0 Å².